The highest BCUT2D eigenvalue weighted by molar-refractivity contribution is 7.92. The number of amides is 1. The van der Waals surface area contributed by atoms with Gasteiger partial charge in [0.15, 0.2) is 0 Å². The molecule has 146 valence electrons. The number of rotatable bonds is 4. The van der Waals surface area contributed by atoms with Gasteiger partial charge in [-0.15, -0.1) is 0 Å². The largest absolute Gasteiger partial charge is 0.361 e. The molecule has 0 spiro atoms. The van der Waals surface area contributed by atoms with E-state index in [1.807, 2.05) is 32.9 Å². The van der Waals surface area contributed by atoms with Gasteiger partial charge in [0.25, 0.3) is 15.9 Å². The van der Waals surface area contributed by atoms with Gasteiger partial charge in [-0.3, -0.25) is 9.52 Å². The Morgan fingerprint density at radius 1 is 1.00 bits per heavy atom. The van der Waals surface area contributed by atoms with Crippen molar-refractivity contribution in [1.29, 1.82) is 0 Å². The number of nitrogens with zero attached hydrogens (tertiary/aromatic N) is 1. The zero-order chi connectivity index (χ0) is 19.9. The van der Waals surface area contributed by atoms with Gasteiger partial charge in [-0.2, -0.15) is 0 Å². The molecule has 1 aromatic carbocycles. The van der Waals surface area contributed by atoms with Crippen LogP contribution in [0.3, 0.4) is 0 Å². The Bertz CT molecular complexity index is 977. The minimum absolute atomic E-state index is 0.0521. The summed E-state index contributed by atoms with van der Waals surface area (Å²) in [5.74, 6) is -0.216. The lowest BCUT2D eigenvalue weighted by molar-refractivity contribution is 0.0788. The van der Waals surface area contributed by atoms with Gasteiger partial charge >= 0.3 is 0 Å². The molecule has 2 heterocycles. The van der Waals surface area contributed by atoms with Gasteiger partial charge in [0.2, 0.25) is 0 Å². The summed E-state index contributed by atoms with van der Waals surface area (Å²) in [7, 11) is -3.91. The van der Waals surface area contributed by atoms with E-state index in [9.17, 15) is 13.2 Å². The zero-order valence-corrected chi connectivity index (χ0v) is 17.4. The number of aryl methyl sites for hydroxylation is 5. The minimum Gasteiger partial charge on any atom is -0.361 e. The van der Waals surface area contributed by atoms with Gasteiger partial charge in [0.1, 0.15) is 4.90 Å². The molecule has 0 saturated carbocycles. The summed E-state index contributed by atoms with van der Waals surface area (Å²) in [6, 6.07) is 3.88. The molecule has 1 aliphatic heterocycles. The molecule has 2 N–H and O–H groups in total. The Balaban J connectivity index is 2.06. The number of likely N-dealkylation sites (tertiary alicyclic amines) is 1. The first kappa shape index (κ1) is 19.5. The fourth-order valence-corrected chi connectivity index (χ4v) is 5.61. The lowest BCUT2D eigenvalue weighted by Gasteiger charge is -2.18. The van der Waals surface area contributed by atoms with Gasteiger partial charge in [-0.25, -0.2) is 8.42 Å². The summed E-state index contributed by atoms with van der Waals surface area (Å²) in [5, 5.41) is 0. The van der Waals surface area contributed by atoms with Crippen molar-refractivity contribution in [3.05, 3.63) is 45.8 Å². The van der Waals surface area contributed by atoms with E-state index in [1.165, 1.54) is 0 Å². The van der Waals surface area contributed by atoms with Crippen LogP contribution in [0, 0.1) is 34.6 Å². The van der Waals surface area contributed by atoms with Crippen LogP contribution in [0.2, 0.25) is 0 Å². The number of benzene rings is 1. The third-order valence-corrected chi connectivity index (χ3v) is 6.63. The quantitative estimate of drug-likeness (QED) is 0.838. The molecule has 0 atom stereocenters. The first-order valence-electron chi connectivity index (χ1n) is 9.21. The fourth-order valence-electron chi connectivity index (χ4n) is 3.96. The normalized spacial score (nSPS) is 14.6. The Morgan fingerprint density at radius 2 is 1.56 bits per heavy atom. The van der Waals surface area contributed by atoms with Gasteiger partial charge in [-0.1, -0.05) is 17.7 Å². The number of carbonyl (C=O) groups is 1. The SMILES string of the molecule is Cc1cc(C)c(NS(=O)(=O)c2c(C)[nH]c(C)c2C(=O)N2CCCC2)c(C)c1. The molecule has 0 aliphatic carbocycles. The first-order chi connectivity index (χ1) is 12.6. The minimum atomic E-state index is -3.91. The van der Waals surface area contributed by atoms with Crippen LogP contribution in [0.5, 0.6) is 0 Å². The van der Waals surface area contributed by atoms with E-state index in [4.69, 9.17) is 0 Å². The standard InChI is InChI=1S/C20H27N3O3S/c1-12-10-13(2)18(14(3)11-12)22-27(25,26)19-16(5)21-15(4)17(19)20(24)23-8-6-7-9-23/h10-11,21-22H,6-9H2,1-5H3. The Kier molecular flexibility index (Phi) is 5.08. The molecule has 1 saturated heterocycles. The van der Waals surface area contributed by atoms with Crippen molar-refractivity contribution in [2.45, 2.75) is 52.4 Å². The summed E-state index contributed by atoms with van der Waals surface area (Å²) < 4.78 is 29.2. The Hall–Kier alpha value is -2.28. The monoisotopic (exact) mass is 389 g/mol. The third kappa shape index (κ3) is 3.60. The van der Waals surface area contributed by atoms with Crippen LogP contribution in [0.15, 0.2) is 17.0 Å². The van der Waals surface area contributed by atoms with Crippen LogP contribution in [0.25, 0.3) is 0 Å². The average Bonchev–Trinajstić information content (AvgIpc) is 3.18. The van der Waals surface area contributed by atoms with Crippen molar-refractivity contribution in [2.24, 2.45) is 0 Å². The predicted octanol–water partition coefficient (Wildman–Crippen LogP) is 3.59. The molecule has 0 radical (unpaired) electrons. The van der Waals surface area contributed by atoms with E-state index < -0.39 is 10.0 Å². The van der Waals surface area contributed by atoms with E-state index >= 15 is 0 Å². The molecule has 0 unspecified atom stereocenters. The number of hydrogen-bond acceptors (Lipinski definition) is 3. The van der Waals surface area contributed by atoms with Gasteiger partial charge in [-0.05, 0) is 58.6 Å². The highest BCUT2D eigenvalue weighted by atomic mass is 32.2. The van der Waals surface area contributed by atoms with Crippen LogP contribution in [0.4, 0.5) is 5.69 Å². The molecular weight excluding hydrogens is 362 g/mol. The second-order valence-corrected chi connectivity index (χ2v) is 9.08. The summed E-state index contributed by atoms with van der Waals surface area (Å²) in [4.78, 5) is 17.8. The lowest BCUT2D eigenvalue weighted by Crippen LogP contribution is -2.30. The van der Waals surface area contributed by atoms with E-state index in [0.29, 0.717) is 30.2 Å². The number of nitrogens with one attached hydrogen (secondary N) is 2. The summed E-state index contributed by atoms with van der Waals surface area (Å²) in [6.45, 7) is 10.5. The molecule has 1 fully saturated rings. The van der Waals surface area contributed by atoms with E-state index in [1.54, 1.807) is 18.7 Å². The van der Waals surface area contributed by atoms with E-state index in [2.05, 4.69) is 9.71 Å². The first-order valence-corrected chi connectivity index (χ1v) is 10.7. The van der Waals surface area contributed by atoms with Crippen LogP contribution in [-0.4, -0.2) is 37.3 Å². The highest BCUT2D eigenvalue weighted by Crippen LogP contribution is 2.30. The topological polar surface area (TPSA) is 82.3 Å². The second kappa shape index (κ2) is 7.03. The maximum absolute atomic E-state index is 13.3. The molecule has 0 bridgehead atoms. The van der Waals surface area contributed by atoms with Crippen molar-refractivity contribution in [2.75, 3.05) is 17.8 Å². The Labute approximate surface area is 161 Å². The number of H-pyrrole nitrogens is 1. The highest BCUT2D eigenvalue weighted by Gasteiger charge is 2.32. The second-order valence-electron chi connectivity index (χ2n) is 7.46. The molecule has 1 amide bonds. The maximum atomic E-state index is 13.3. The molecule has 27 heavy (non-hydrogen) atoms. The van der Waals surface area contributed by atoms with Crippen molar-refractivity contribution in [3.8, 4) is 0 Å². The number of hydrogen-bond donors (Lipinski definition) is 2. The van der Waals surface area contributed by atoms with Crippen LogP contribution >= 0.6 is 0 Å². The summed E-state index contributed by atoms with van der Waals surface area (Å²) in [5.41, 5.74) is 4.67. The number of carbonyl (C=O) groups excluding carboxylic acids is 1. The van der Waals surface area contributed by atoms with Crippen LogP contribution in [0.1, 0.15) is 51.3 Å². The summed E-state index contributed by atoms with van der Waals surface area (Å²) in [6.07, 6.45) is 1.91. The molecular formula is C20H27N3O3S. The van der Waals surface area contributed by atoms with Crippen molar-refractivity contribution in [1.82, 2.24) is 9.88 Å². The van der Waals surface area contributed by atoms with Gasteiger partial charge < -0.3 is 9.88 Å². The van der Waals surface area contributed by atoms with E-state index in [-0.39, 0.29) is 16.4 Å². The fraction of sp³-hybridized carbons (Fsp3) is 0.450. The van der Waals surface area contributed by atoms with Crippen LogP contribution in [-0.2, 0) is 10.0 Å². The molecule has 2 aromatic rings. The maximum Gasteiger partial charge on any atom is 0.264 e. The van der Waals surface area contributed by atoms with E-state index in [0.717, 1.165) is 29.5 Å². The third-order valence-electron chi connectivity index (χ3n) is 5.11. The van der Waals surface area contributed by atoms with Gasteiger partial charge in [0, 0.05) is 24.5 Å². The lowest BCUT2D eigenvalue weighted by atomic mass is 10.1. The molecule has 1 aromatic heterocycles. The number of sulfonamides is 1. The van der Waals surface area contributed by atoms with Gasteiger partial charge in [0.05, 0.1) is 11.3 Å². The zero-order valence-electron chi connectivity index (χ0n) is 16.6. The Morgan fingerprint density at radius 3 is 2.11 bits per heavy atom. The van der Waals surface area contributed by atoms with Crippen LogP contribution < -0.4 is 4.72 Å². The smallest absolute Gasteiger partial charge is 0.264 e. The van der Waals surface area contributed by atoms with Crippen molar-refractivity contribution < 1.29 is 13.2 Å². The number of aromatic nitrogens is 1. The van der Waals surface area contributed by atoms with Crippen molar-refractivity contribution in [3.63, 3.8) is 0 Å². The average molecular weight is 390 g/mol. The van der Waals surface area contributed by atoms with Crippen molar-refractivity contribution >= 4 is 21.6 Å². The summed E-state index contributed by atoms with van der Waals surface area (Å²) >= 11 is 0. The molecule has 1 aliphatic rings. The number of aromatic amines is 1. The molecule has 3 rings (SSSR count). The molecule has 7 heteroatoms. The predicted molar refractivity (Wildman–Crippen MR) is 107 cm³/mol. The molecule has 6 nitrogen and oxygen atoms in total. The number of anilines is 1.